The van der Waals surface area contributed by atoms with Crippen molar-refractivity contribution in [2.75, 3.05) is 13.2 Å². The van der Waals surface area contributed by atoms with E-state index in [1.807, 2.05) is 6.92 Å². The summed E-state index contributed by atoms with van der Waals surface area (Å²) in [4.78, 5) is 23.6. The minimum Gasteiger partial charge on any atom is -0.480 e. The molecule has 0 aromatic carbocycles. The zero-order valence-corrected chi connectivity index (χ0v) is 11.8. The molecule has 1 N–H and O–H groups in total. The number of carboxylic acids is 1. The van der Waals surface area contributed by atoms with Crippen molar-refractivity contribution in [3.63, 3.8) is 0 Å². The van der Waals surface area contributed by atoms with Crippen LogP contribution in [0.15, 0.2) is 0 Å². The van der Waals surface area contributed by atoms with Gasteiger partial charge in [-0.05, 0) is 39.0 Å². The lowest BCUT2D eigenvalue weighted by atomic mass is 9.78. The predicted octanol–water partition coefficient (Wildman–Crippen LogP) is 2.38. The minimum atomic E-state index is -1.41. The van der Waals surface area contributed by atoms with Crippen LogP contribution < -0.4 is 0 Å². The first-order valence-corrected chi connectivity index (χ1v) is 7.09. The molecule has 2 atom stereocenters. The van der Waals surface area contributed by atoms with Gasteiger partial charge >= 0.3 is 11.9 Å². The molecule has 2 unspecified atom stereocenters. The van der Waals surface area contributed by atoms with Crippen molar-refractivity contribution in [1.29, 1.82) is 0 Å². The maximum absolute atomic E-state index is 12.1. The van der Waals surface area contributed by atoms with Crippen LogP contribution in [-0.2, 0) is 19.1 Å². The molecule has 0 spiro atoms. The highest BCUT2D eigenvalue weighted by Crippen LogP contribution is 2.34. The first-order valence-electron chi connectivity index (χ1n) is 7.09. The Morgan fingerprint density at radius 3 is 2.58 bits per heavy atom. The number of esters is 1. The van der Waals surface area contributed by atoms with Crippen LogP contribution >= 0.6 is 0 Å². The summed E-state index contributed by atoms with van der Waals surface area (Å²) in [5, 5.41) is 9.48. The Bertz CT molecular complexity index is 309. The SMILES string of the molecule is CCCC(CCC1CCCO1)(C(=O)O)C(=O)OCC. The number of ether oxygens (including phenoxy) is 2. The molecular weight excluding hydrogens is 248 g/mol. The monoisotopic (exact) mass is 272 g/mol. The van der Waals surface area contributed by atoms with Crippen molar-refractivity contribution in [2.24, 2.45) is 5.41 Å². The Labute approximate surface area is 114 Å². The lowest BCUT2D eigenvalue weighted by Crippen LogP contribution is -2.41. The van der Waals surface area contributed by atoms with Crippen LogP contribution in [0.4, 0.5) is 0 Å². The first-order chi connectivity index (χ1) is 9.06. The molecule has 1 heterocycles. The fourth-order valence-corrected chi connectivity index (χ4v) is 2.61. The first kappa shape index (κ1) is 16.0. The van der Waals surface area contributed by atoms with Crippen molar-refractivity contribution in [2.45, 2.75) is 58.5 Å². The molecule has 1 rings (SSSR count). The van der Waals surface area contributed by atoms with Crippen LogP contribution in [0, 0.1) is 5.41 Å². The molecule has 5 nitrogen and oxygen atoms in total. The van der Waals surface area contributed by atoms with Crippen LogP contribution in [-0.4, -0.2) is 36.4 Å². The van der Waals surface area contributed by atoms with Gasteiger partial charge in [0.1, 0.15) is 0 Å². The maximum atomic E-state index is 12.1. The van der Waals surface area contributed by atoms with Crippen LogP contribution in [0.3, 0.4) is 0 Å². The van der Waals surface area contributed by atoms with Crippen LogP contribution in [0.5, 0.6) is 0 Å². The lowest BCUT2D eigenvalue weighted by molar-refractivity contribution is -0.170. The Morgan fingerprint density at radius 1 is 1.37 bits per heavy atom. The molecule has 0 aromatic heterocycles. The van der Waals surface area contributed by atoms with Crippen molar-refractivity contribution in [3.05, 3.63) is 0 Å². The van der Waals surface area contributed by atoms with Crippen molar-refractivity contribution >= 4 is 11.9 Å². The molecule has 110 valence electrons. The molecule has 19 heavy (non-hydrogen) atoms. The normalized spacial score (nSPS) is 21.9. The van der Waals surface area contributed by atoms with Gasteiger partial charge in [0.2, 0.25) is 0 Å². The van der Waals surface area contributed by atoms with Crippen LogP contribution in [0.2, 0.25) is 0 Å². The van der Waals surface area contributed by atoms with Gasteiger partial charge < -0.3 is 14.6 Å². The number of carboxylic acid groups (broad SMARTS) is 1. The summed E-state index contributed by atoms with van der Waals surface area (Å²) in [6, 6.07) is 0. The van der Waals surface area contributed by atoms with Gasteiger partial charge in [-0.3, -0.25) is 9.59 Å². The molecule has 1 aliphatic heterocycles. The lowest BCUT2D eigenvalue weighted by Gasteiger charge is -2.27. The maximum Gasteiger partial charge on any atom is 0.323 e. The third kappa shape index (κ3) is 3.93. The van der Waals surface area contributed by atoms with Gasteiger partial charge in [-0.2, -0.15) is 0 Å². The fraction of sp³-hybridized carbons (Fsp3) is 0.857. The van der Waals surface area contributed by atoms with Crippen molar-refractivity contribution in [1.82, 2.24) is 0 Å². The standard InChI is InChI=1S/C14H24O5/c1-3-8-14(12(15)16,13(17)18-4-2)9-7-11-6-5-10-19-11/h11H,3-10H2,1-2H3,(H,15,16). The van der Waals surface area contributed by atoms with E-state index in [9.17, 15) is 14.7 Å². The van der Waals surface area contributed by atoms with Gasteiger partial charge in [0, 0.05) is 6.61 Å². The van der Waals surface area contributed by atoms with Crippen molar-refractivity contribution in [3.8, 4) is 0 Å². The topological polar surface area (TPSA) is 72.8 Å². The largest absolute Gasteiger partial charge is 0.480 e. The van der Waals surface area contributed by atoms with E-state index in [0.29, 0.717) is 25.7 Å². The number of hydrogen-bond donors (Lipinski definition) is 1. The Kier molecular flexibility index (Phi) is 6.28. The Balaban J connectivity index is 2.75. The molecule has 0 radical (unpaired) electrons. The summed E-state index contributed by atoms with van der Waals surface area (Å²) in [6.07, 6.45) is 3.89. The average molecular weight is 272 g/mol. The quantitative estimate of drug-likeness (QED) is 0.542. The Hall–Kier alpha value is -1.10. The van der Waals surface area contributed by atoms with Crippen LogP contribution in [0.1, 0.15) is 52.4 Å². The summed E-state index contributed by atoms with van der Waals surface area (Å²) >= 11 is 0. The van der Waals surface area contributed by atoms with Gasteiger partial charge in [-0.1, -0.05) is 13.3 Å². The van der Waals surface area contributed by atoms with Gasteiger partial charge in [0.05, 0.1) is 12.7 Å². The minimum absolute atomic E-state index is 0.0880. The molecule has 5 heteroatoms. The zero-order chi connectivity index (χ0) is 14.3. The smallest absolute Gasteiger partial charge is 0.323 e. The van der Waals surface area contributed by atoms with E-state index in [1.54, 1.807) is 6.92 Å². The molecule has 1 saturated heterocycles. The van der Waals surface area contributed by atoms with Gasteiger partial charge in [-0.25, -0.2) is 0 Å². The number of carbonyl (C=O) groups excluding carboxylic acids is 1. The number of rotatable bonds is 8. The molecule has 0 saturated carbocycles. The Morgan fingerprint density at radius 2 is 2.11 bits per heavy atom. The number of aliphatic carboxylic acids is 1. The summed E-state index contributed by atoms with van der Waals surface area (Å²) in [6.45, 7) is 4.51. The summed E-state index contributed by atoms with van der Waals surface area (Å²) in [7, 11) is 0. The third-order valence-electron chi connectivity index (χ3n) is 3.67. The highest BCUT2D eigenvalue weighted by atomic mass is 16.5. The number of hydrogen-bond acceptors (Lipinski definition) is 4. The molecule has 0 aliphatic carbocycles. The van der Waals surface area contributed by atoms with E-state index in [1.165, 1.54) is 0 Å². The third-order valence-corrected chi connectivity index (χ3v) is 3.67. The summed E-state index contributed by atoms with van der Waals surface area (Å²) < 4.78 is 10.5. The van der Waals surface area contributed by atoms with E-state index in [4.69, 9.17) is 9.47 Å². The second-order valence-corrected chi connectivity index (χ2v) is 5.03. The number of carbonyl (C=O) groups is 2. The second kappa shape index (κ2) is 7.48. The predicted molar refractivity (Wildman–Crippen MR) is 69.8 cm³/mol. The van der Waals surface area contributed by atoms with E-state index in [2.05, 4.69) is 0 Å². The molecule has 0 aromatic rings. The van der Waals surface area contributed by atoms with Crippen LogP contribution in [0.25, 0.3) is 0 Å². The summed E-state index contributed by atoms with van der Waals surface area (Å²) in [5.74, 6) is -1.69. The molecule has 1 fully saturated rings. The van der Waals surface area contributed by atoms with Gasteiger partial charge in [-0.15, -0.1) is 0 Å². The van der Waals surface area contributed by atoms with Gasteiger partial charge in [0.25, 0.3) is 0 Å². The molecule has 0 bridgehead atoms. The van der Waals surface area contributed by atoms with E-state index < -0.39 is 17.4 Å². The molecule has 0 amide bonds. The second-order valence-electron chi connectivity index (χ2n) is 5.03. The average Bonchev–Trinajstić information content (AvgIpc) is 2.87. The highest BCUT2D eigenvalue weighted by Gasteiger charge is 2.46. The van der Waals surface area contributed by atoms with Gasteiger partial charge in [0.15, 0.2) is 5.41 Å². The zero-order valence-electron chi connectivity index (χ0n) is 11.8. The van der Waals surface area contributed by atoms with Crippen molar-refractivity contribution < 1.29 is 24.2 Å². The summed E-state index contributed by atoms with van der Waals surface area (Å²) in [5.41, 5.74) is -1.41. The molecular formula is C14H24O5. The van der Waals surface area contributed by atoms with E-state index in [-0.39, 0.29) is 12.7 Å². The van der Waals surface area contributed by atoms with E-state index >= 15 is 0 Å². The highest BCUT2D eigenvalue weighted by molar-refractivity contribution is 5.99. The molecule has 1 aliphatic rings. The van der Waals surface area contributed by atoms with E-state index in [0.717, 1.165) is 19.4 Å². The fourth-order valence-electron chi connectivity index (χ4n) is 2.61.